The fourth-order valence-corrected chi connectivity index (χ4v) is 2.56. The molecule has 3 aromatic rings. The fourth-order valence-electron chi connectivity index (χ4n) is 2.56. The Kier molecular flexibility index (Phi) is 3.78. The summed E-state index contributed by atoms with van der Waals surface area (Å²) in [6.45, 7) is 0. The van der Waals surface area contributed by atoms with Crippen LogP contribution in [0.3, 0.4) is 0 Å². The van der Waals surface area contributed by atoms with Crippen LogP contribution in [0.4, 0.5) is 0 Å². The van der Waals surface area contributed by atoms with Gasteiger partial charge in [-0.25, -0.2) is 4.98 Å². The van der Waals surface area contributed by atoms with Gasteiger partial charge in [0.05, 0.1) is 24.9 Å². The number of nitrogens with zero attached hydrogens (tertiary/aromatic N) is 2. The number of rotatable bonds is 5. The van der Waals surface area contributed by atoms with Crippen molar-refractivity contribution >= 4 is 11.6 Å². The van der Waals surface area contributed by atoms with Gasteiger partial charge in [0, 0.05) is 12.6 Å². The Balaban J connectivity index is 2.13. The van der Waals surface area contributed by atoms with Crippen LogP contribution in [0.15, 0.2) is 48.7 Å². The van der Waals surface area contributed by atoms with E-state index in [2.05, 4.69) is 4.98 Å². The van der Waals surface area contributed by atoms with Gasteiger partial charge < -0.3 is 14.2 Å². The highest BCUT2D eigenvalue weighted by Crippen LogP contribution is 2.24. The first kappa shape index (κ1) is 14.1. The lowest BCUT2D eigenvalue weighted by Gasteiger charge is -2.04. The van der Waals surface area contributed by atoms with E-state index in [-0.39, 0.29) is 6.42 Å². The molecule has 0 unspecified atom stereocenters. The normalized spacial score (nSPS) is 10.8. The van der Waals surface area contributed by atoms with E-state index in [0.717, 1.165) is 11.3 Å². The van der Waals surface area contributed by atoms with Gasteiger partial charge in [0.2, 0.25) is 0 Å². The van der Waals surface area contributed by atoms with E-state index in [1.807, 2.05) is 48.7 Å². The summed E-state index contributed by atoms with van der Waals surface area (Å²) in [5.41, 5.74) is 3.19. The monoisotopic (exact) mass is 296 g/mol. The molecular weight excluding hydrogens is 280 g/mol. The molecule has 0 aliphatic rings. The van der Waals surface area contributed by atoms with Crippen LogP contribution in [0.1, 0.15) is 17.0 Å². The van der Waals surface area contributed by atoms with E-state index < -0.39 is 5.97 Å². The lowest BCUT2D eigenvalue weighted by atomic mass is 10.1. The second-order valence-electron chi connectivity index (χ2n) is 5.01. The van der Waals surface area contributed by atoms with Gasteiger partial charge in [0.25, 0.3) is 0 Å². The van der Waals surface area contributed by atoms with Gasteiger partial charge in [-0.2, -0.15) is 0 Å². The zero-order valence-corrected chi connectivity index (χ0v) is 12.2. The van der Waals surface area contributed by atoms with Gasteiger partial charge in [-0.1, -0.05) is 30.3 Å². The van der Waals surface area contributed by atoms with Crippen LogP contribution in [0.2, 0.25) is 0 Å². The molecule has 0 aliphatic heterocycles. The number of hydrogen-bond donors (Lipinski definition) is 1. The van der Waals surface area contributed by atoms with Crippen LogP contribution in [0, 0.1) is 0 Å². The molecule has 0 amide bonds. The van der Waals surface area contributed by atoms with Crippen LogP contribution in [0.5, 0.6) is 5.75 Å². The van der Waals surface area contributed by atoms with Crippen molar-refractivity contribution in [1.29, 1.82) is 0 Å². The maximum absolute atomic E-state index is 11.2. The second-order valence-corrected chi connectivity index (χ2v) is 5.01. The number of carboxylic acids is 1. The largest absolute Gasteiger partial charge is 0.493 e. The average molecular weight is 296 g/mol. The Bertz CT molecular complexity index is 809. The van der Waals surface area contributed by atoms with Crippen molar-refractivity contribution in [2.45, 2.75) is 12.8 Å². The number of carboxylic acid groups (broad SMARTS) is 1. The third-order valence-electron chi connectivity index (χ3n) is 3.55. The van der Waals surface area contributed by atoms with Gasteiger partial charge in [-0.3, -0.25) is 4.79 Å². The molecule has 3 rings (SSSR count). The fraction of sp³-hybridized carbons (Fsp3) is 0.176. The minimum atomic E-state index is -0.876. The van der Waals surface area contributed by atoms with Crippen LogP contribution in [-0.4, -0.2) is 27.6 Å². The number of benzene rings is 1. The van der Waals surface area contributed by atoms with Crippen molar-refractivity contribution in [3.05, 3.63) is 65.6 Å². The van der Waals surface area contributed by atoms with E-state index in [0.29, 0.717) is 23.5 Å². The first-order valence-corrected chi connectivity index (χ1v) is 6.97. The molecule has 0 fully saturated rings. The molecule has 5 nitrogen and oxygen atoms in total. The molecule has 0 atom stereocenters. The predicted octanol–water partition coefficient (Wildman–Crippen LogP) is 2.56. The van der Waals surface area contributed by atoms with Crippen molar-refractivity contribution < 1.29 is 14.6 Å². The summed E-state index contributed by atoms with van der Waals surface area (Å²) in [6, 6.07) is 13.5. The molecule has 5 heteroatoms. The van der Waals surface area contributed by atoms with Gasteiger partial charge in [-0.05, 0) is 17.7 Å². The van der Waals surface area contributed by atoms with Crippen molar-refractivity contribution in [3.8, 4) is 5.75 Å². The number of aromatic nitrogens is 2. The minimum Gasteiger partial charge on any atom is -0.493 e. The van der Waals surface area contributed by atoms with Crippen molar-refractivity contribution in [3.63, 3.8) is 0 Å². The lowest BCUT2D eigenvalue weighted by Crippen LogP contribution is -2.06. The number of fused-ring (bicyclic) bond motifs is 1. The molecule has 2 aromatic heterocycles. The number of methoxy groups -OCH3 is 1. The Morgan fingerprint density at radius 2 is 2.00 bits per heavy atom. The van der Waals surface area contributed by atoms with Gasteiger partial charge >= 0.3 is 5.97 Å². The summed E-state index contributed by atoms with van der Waals surface area (Å²) in [4.78, 5) is 15.8. The Labute approximate surface area is 127 Å². The predicted molar refractivity (Wildman–Crippen MR) is 82.3 cm³/mol. The summed E-state index contributed by atoms with van der Waals surface area (Å²) < 4.78 is 7.12. The minimum absolute atomic E-state index is 0.0729. The summed E-state index contributed by atoms with van der Waals surface area (Å²) in [5, 5.41) is 9.19. The topological polar surface area (TPSA) is 63.8 Å². The second kappa shape index (κ2) is 5.89. The van der Waals surface area contributed by atoms with E-state index in [1.165, 1.54) is 0 Å². The van der Waals surface area contributed by atoms with Gasteiger partial charge in [0.1, 0.15) is 0 Å². The molecule has 1 aromatic carbocycles. The van der Waals surface area contributed by atoms with Crippen LogP contribution >= 0.6 is 0 Å². The van der Waals surface area contributed by atoms with Gasteiger partial charge in [-0.15, -0.1) is 0 Å². The quantitative estimate of drug-likeness (QED) is 0.786. The lowest BCUT2D eigenvalue weighted by molar-refractivity contribution is -0.136. The maximum Gasteiger partial charge on any atom is 0.309 e. The average Bonchev–Trinajstić information content (AvgIpc) is 2.85. The maximum atomic E-state index is 11.2. The Morgan fingerprint density at radius 1 is 1.23 bits per heavy atom. The molecule has 112 valence electrons. The number of aliphatic carboxylic acids is 1. The first-order valence-electron chi connectivity index (χ1n) is 6.97. The molecule has 22 heavy (non-hydrogen) atoms. The van der Waals surface area contributed by atoms with Crippen LogP contribution < -0.4 is 4.74 Å². The van der Waals surface area contributed by atoms with Gasteiger partial charge in [0.15, 0.2) is 11.4 Å². The van der Waals surface area contributed by atoms with E-state index in [4.69, 9.17) is 4.74 Å². The molecule has 0 aliphatic carbocycles. The summed E-state index contributed by atoms with van der Waals surface area (Å²) in [7, 11) is 1.58. The van der Waals surface area contributed by atoms with Crippen molar-refractivity contribution in [2.24, 2.45) is 0 Å². The summed E-state index contributed by atoms with van der Waals surface area (Å²) >= 11 is 0. The summed E-state index contributed by atoms with van der Waals surface area (Å²) in [5.74, 6) is -0.243. The van der Waals surface area contributed by atoms with Crippen molar-refractivity contribution in [2.75, 3.05) is 7.11 Å². The number of imidazole rings is 1. The van der Waals surface area contributed by atoms with E-state index in [1.54, 1.807) is 11.5 Å². The Morgan fingerprint density at radius 3 is 2.68 bits per heavy atom. The molecule has 1 N–H and O–H groups in total. The zero-order chi connectivity index (χ0) is 15.5. The molecule has 2 heterocycles. The zero-order valence-electron chi connectivity index (χ0n) is 12.2. The summed E-state index contributed by atoms with van der Waals surface area (Å²) in [6.07, 6.45) is 2.34. The molecule has 0 radical (unpaired) electrons. The smallest absolute Gasteiger partial charge is 0.309 e. The number of ether oxygens (including phenoxy) is 1. The standard InChI is InChI=1S/C17H16N2O3/c1-22-15-8-5-9-19-14(11-16(20)21)13(18-17(15)19)10-12-6-3-2-4-7-12/h2-9H,10-11H2,1H3,(H,20,21). The number of carbonyl (C=O) groups is 1. The Hall–Kier alpha value is -2.82. The molecule has 0 bridgehead atoms. The molecule has 0 spiro atoms. The SMILES string of the molecule is COc1cccn2c(CC(=O)O)c(Cc3ccccc3)nc12. The third-order valence-corrected chi connectivity index (χ3v) is 3.55. The van der Waals surface area contributed by atoms with Crippen molar-refractivity contribution in [1.82, 2.24) is 9.38 Å². The van der Waals surface area contributed by atoms with Crippen LogP contribution in [-0.2, 0) is 17.6 Å². The third kappa shape index (κ3) is 2.65. The van der Waals surface area contributed by atoms with E-state index in [9.17, 15) is 9.90 Å². The molecular formula is C17H16N2O3. The highest BCUT2D eigenvalue weighted by Gasteiger charge is 2.17. The van der Waals surface area contributed by atoms with Crippen LogP contribution in [0.25, 0.3) is 5.65 Å². The molecule has 0 saturated carbocycles. The highest BCUT2D eigenvalue weighted by molar-refractivity contribution is 5.71. The number of hydrogen-bond acceptors (Lipinski definition) is 3. The molecule has 0 saturated heterocycles. The number of pyridine rings is 1. The first-order chi connectivity index (χ1) is 10.7. The van der Waals surface area contributed by atoms with E-state index >= 15 is 0 Å². The highest BCUT2D eigenvalue weighted by atomic mass is 16.5.